The standard InChI is InChI=1S/C45H79N3O14/c1-17-32-45(10,53)37(49)28(6)48(13)23-24(2)21-43(8,52)39(26(4)35(27(5)41(51)60-32)61-34-22-44(9,56-16)38(50)29(7)58-34)62-42-36(30(47(11)12)20-25(3)57-42)59-31-18-19-33(54-14)46-40(31)55-15/h18-19,24-30,32,34-39,42,49-50,52-53H,17,20-23H2,1-16H3/t24?,25-,26?,27?,28?,29+,30+,32?,34+,35?,36-,37?,38+,39?,42+,43?,44-,45?/m1/s1. The van der Waals surface area contributed by atoms with Gasteiger partial charge in [0.1, 0.15) is 23.9 Å². The smallest absolute Gasteiger partial charge is 0.311 e. The number of cyclic esters (lactones) is 1. The third kappa shape index (κ3) is 11.7. The van der Waals surface area contributed by atoms with E-state index in [0.717, 1.165) is 0 Å². The molecule has 4 N–H and O–H groups in total. The summed E-state index contributed by atoms with van der Waals surface area (Å²) in [5, 5.41) is 47.5. The van der Waals surface area contributed by atoms with Crippen LogP contribution in [0.5, 0.6) is 17.5 Å². The summed E-state index contributed by atoms with van der Waals surface area (Å²) in [4.78, 5) is 22.9. The largest absolute Gasteiger partial charge is 0.481 e. The van der Waals surface area contributed by atoms with Gasteiger partial charge in [-0.25, -0.2) is 0 Å². The first-order chi connectivity index (χ1) is 28.8. The Hall–Kier alpha value is -2.42. The Balaban J connectivity index is 1.89. The van der Waals surface area contributed by atoms with E-state index in [-0.39, 0.29) is 43.2 Å². The van der Waals surface area contributed by atoms with Crippen molar-refractivity contribution in [1.29, 1.82) is 0 Å². The molecule has 3 saturated heterocycles. The molecule has 358 valence electrons. The van der Waals surface area contributed by atoms with Gasteiger partial charge < -0.3 is 72.9 Å². The molecular formula is C45H79N3O14. The highest BCUT2D eigenvalue weighted by molar-refractivity contribution is 5.73. The Morgan fingerprint density at radius 3 is 2.16 bits per heavy atom. The second-order valence-electron chi connectivity index (χ2n) is 19.1. The van der Waals surface area contributed by atoms with Crippen molar-refractivity contribution in [2.24, 2.45) is 17.8 Å². The highest BCUT2D eigenvalue weighted by atomic mass is 16.7. The number of esters is 1. The van der Waals surface area contributed by atoms with Crippen LogP contribution in [0, 0.1) is 17.8 Å². The van der Waals surface area contributed by atoms with Gasteiger partial charge in [-0.05, 0) is 101 Å². The zero-order chi connectivity index (χ0) is 46.6. The number of likely N-dealkylation sites (N-methyl/N-ethyl adjacent to an activating group) is 2. The molecule has 0 amide bonds. The van der Waals surface area contributed by atoms with Crippen LogP contribution in [0.4, 0.5) is 0 Å². The SMILES string of the molecule is CCC1OC(=O)C(C)C(O[C@H]2C[C@@](C)(OC)[C@@H](O)[C@H](C)O2)C(C)C(O[C@@H]2O[C@H](C)C[C@H](N(C)C)[C@H]2Oc2ccc(OC)nc2OC)C(C)(O)CC(C)CN(C)C(C)C(O)C1(C)O. The Labute approximate surface area is 369 Å². The predicted molar refractivity (Wildman–Crippen MR) is 230 cm³/mol. The lowest BCUT2D eigenvalue weighted by molar-refractivity contribution is -0.316. The highest BCUT2D eigenvalue weighted by Gasteiger charge is 2.53. The maximum atomic E-state index is 14.5. The summed E-state index contributed by atoms with van der Waals surface area (Å²) in [5.41, 5.74) is -4.48. The van der Waals surface area contributed by atoms with Gasteiger partial charge in [0, 0.05) is 38.1 Å². The van der Waals surface area contributed by atoms with E-state index in [2.05, 4.69) is 4.98 Å². The van der Waals surface area contributed by atoms with Gasteiger partial charge in [0.15, 0.2) is 24.4 Å². The van der Waals surface area contributed by atoms with Gasteiger partial charge in [-0.2, -0.15) is 4.98 Å². The minimum Gasteiger partial charge on any atom is -0.481 e. The third-order valence-corrected chi connectivity index (χ3v) is 13.6. The maximum absolute atomic E-state index is 14.5. The summed E-state index contributed by atoms with van der Waals surface area (Å²) in [6.07, 6.45) is -8.19. The van der Waals surface area contributed by atoms with Gasteiger partial charge in [0.05, 0.1) is 61.8 Å². The molecule has 0 aromatic carbocycles. The second-order valence-corrected chi connectivity index (χ2v) is 19.1. The zero-order valence-corrected chi connectivity index (χ0v) is 40.1. The van der Waals surface area contributed by atoms with Crippen molar-refractivity contribution in [2.45, 2.75) is 185 Å². The molecule has 4 heterocycles. The van der Waals surface area contributed by atoms with Gasteiger partial charge in [0.2, 0.25) is 5.88 Å². The van der Waals surface area contributed by atoms with Crippen molar-refractivity contribution < 1.29 is 67.9 Å². The Kier molecular flexibility index (Phi) is 17.9. The van der Waals surface area contributed by atoms with E-state index in [1.54, 1.807) is 46.8 Å². The van der Waals surface area contributed by atoms with E-state index in [4.69, 9.17) is 42.6 Å². The van der Waals surface area contributed by atoms with Crippen LogP contribution in [0.3, 0.4) is 0 Å². The van der Waals surface area contributed by atoms with Crippen molar-refractivity contribution in [2.75, 3.05) is 49.0 Å². The molecule has 1 aromatic rings. The molecule has 0 aliphatic carbocycles. The fourth-order valence-electron chi connectivity index (χ4n) is 9.75. The normalized spacial score (nSPS) is 43.3. The van der Waals surface area contributed by atoms with Crippen molar-refractivity contribution >= 4 is 5.97 Å². The van der Waals surface area contributed by atoms with Crippen molar-refractivity contribution in [3.63, 3.8) is 0 Å². The molecular weight excluding hydrogens is 807 g/mol. The van der Waals surface area contributed by atoms with E-state index in [1.807, 2.05) is 58.6 Å². The topological polar surface area (TPSA) is 200 Å². The summed E-state index contributed by atoms with van der Waals surface area (Å²) in [7, 11) is 10.3. The number of hydrogen-bond donors (Lipinski definition) is 4. The number of rotatable bonds is 11. The zero-order valence-electron chi connectivity index (χ0n) is 40.1. The first-order valence-electron chi connectivity index (χ1n) is 22.2. The molecule has 18 atom stereocenters. The average molecular weight is 886 g/mol. The number of aliphatic hydroxyl groups is 4. The minimum absolute atomic E-state index is 0.114. The van der Waals surface area contributed by atoms with Crippen molar-refractivity contribution in [3.8, 4) is 17.5 Å². The molecule has 3 aliphatic heterocycles. The molecule has 1 aromatic heterocycles. The van der Waals surface area contributed by atoms with Crippen molar-refractivity contribution in [3.05, 3.63) is 12.1 Å². The third-order valence-electron chi connectivity index (χ3n) is 13.6. The second kappa shape index (κ2) is 21.3. The van der Waals surface area contributed by atoms with E-state index in [0.29, 0.717) is 24.6 Å². The molecule has 10 unspecified atom stereocenters. The van der Waals surface area contributed by atoms with Crippen LogP contribution in [0.2, 0.25) is 0 Å². The Bertz CT molecular complexity index is 1590. The van der Waals surface area contributed by atoms with Gasteiger partial charge in [-0.15, -0.1) is 0 Å². The molecule has 17 nitrogen and oxygen atoms in total. The van der Waals surface area contributed by atoms with Gasteiger partial charge in [-0.3, -0.25) is 4.79 Å². The number of hydrogen-bond acceptors (Lipinski definition) is 17. The lowest BCUT2D eigenvalue weighted by Gasteiger charge is -2.49. The highest BCUT2D eigenvalue weighted by Crippen LogP contribution is 2.41. The predicted octanol–water partition coefficient (Wildman–Crippen LogP) is 3.40. The quantitative estimate of drug-likeness (QED) is 0.236. The summed E-state index contributed by atoms with van der Waals surface area (Å²) in [6, 6.07) is 2.57. The maximum Gasteiger partial charge on any atom is 0.311 e. The Morgan fingerprint density at radius 1 is 0.919 bits per heavy atom. The first kappa shape index (κ1) is 52.2. The van der Waals surface area contributed by atoms with E-state index < -0.39 is 96.0 Å². The number of ether oxygens (including phenoxy) is 9. The van der Waals surface area contributed by atoms with Crippen LogP contribution in [0.25, 0.3) is 0 Å². The van der Waals surface area contributed by atoms with E-state index in [9.17, 15) is 25.2 Å². The van der Waals surface area contributed by atoms with Gasteiger partial charge in [-0.1, -0.05) is 20.8 Å². The number of carbonyl (C=O) groups is 1. The van der Waals surface area contributed by atoms with Crippen LogP contribution >= 0.6 is 0 Å². The number of aromatic nitrogens is 1. The van der Waals surface area contributed by atoms with Crippen LogP contribution in [0.15, 0.2) is 12.1 Å². The van der Waals surface area contributed by atoms with Crippen LogP contribution in [0.1, 0.15) is 94.9 Å². The fourth-order valence-corrected chi connectivity index (χ4v) is 9.75. The van der Waals surface area contributed by atoms with E-state index >= 15 is 0 Å². The minimum atomic E-state index is -1.83. The molecule has 0 spiro atoms. The molecule has 4 rings (SSSR count). The molecule has 17 heteroatoms. The summed E-state index contributed by atoms with van der Waals surface area (Å²) >= 11 is 0. The Morgan fingerprint density at radius 2 is 1.58 bits per heavy atom. The molecule has 0 radical (unpaired) electrons. The number of pyridine rings is 1. The molecule has 3 aliphatic rings. The number of nitrogens with zero attached hydrogens (tertiary/aromatic N) is 3. The number of methoxy groups -OCH3 is 3. The summed E-state index contributed by atoms with van der Waals surface area (Å²) < 4.78 is 56.5. The molecule has 0 bridgehead atoms. The molecule has 62 heavy (non-hydrogen) atoms. The van der Waals surface area contributed by atoms with Gasteiger partial charge in [0.25, 0.3) is 5.88 Å². The van der Waals surface area contributed by atoms with Gasteiger partial charge >= 0.3 is 5.97 Å². The molecule has 0 saturated carbocycles. The van der Waals surface area contributed by atoms with E-state index in [1.165, 1.54) is 28.3 Å². The monoisotopic (exact) mass is 886 g/mol. The fraction of sp³-hybridized carbons (Fsp3) is 0.867. The first-order valence-corrected chi connectivity index (χ1v) is 22.2. The average Bonchev–Trinajstić information content (AvgIpc) is 3.21. The van der Waals surface area contributed by atoms with Crippen LogP contribution in [-0.2, 0) is 33.2 Å². The number of aliphatic hydroxyl groups excluding tert-OH is 2. The number of carbonyl (C=O) groups excluding carboxylic acids is 1. The van der Waals surface area contributed by atoms with Crippen LogP contribution < -0.4 is 14.2 Å². The summed E-state index contributed by atoms with van der Waals surface area (Å²) in [6.45, 7) is 18.2. The lowest BCUT2D eigenvalue weighted by atomic mass is 9.77. The molecule has 3 fully saturated rings. The van der Waals surface area contributed by atoms with Crippen LogP contribution in [-0.4, -0.2) is 180 Å². The van der Waals surface area contributed by atoms with Crippen molar-refractivity contribution in [1.82, 2.24) is 14.8 Å². The lowest BCUT2D eigenvalue weighted by Crippen LogP contribution is -2.61. The summed E-state index contributed by atoms with van der Waals surface area (Å²) in [5.74, 6) is -1.83.